The first-order valence-corrected chi connectivity index (χ1v) is 8.83. The summed E-state index contributed by atoms with van der Waals surface area (Å²) in [6.07, 6.45) is 0. The molecule has 0 saturated carbocycles. The van der Waals surface area contributed by atoms with Gasteiger partial charge in [0, 0.05) is 0 Å². The number of amides is 2. The third kappa shape index (κ3) is 5.44. The Morgan fingerprint density at radius 3 is 2.37 bits per heavy atom. The minimum absolute atomic E-state index is 0.0456. The highest BCUT2D eigenvalue weighted by molar-refractivity contribution is 6.39. The molecule has 0 spiro atoms. The minimum Gasteiger partial charge on any atom is -0.324 e. The van der Waals surface area contributed by atoms with Crippen molar-refractivity contribution in [2.75, 3.05) is 24.2 Å². The number of nitrogens with one attached hydrogen (secondary N) is 2. The van der Waals surface area contributed by atoms with E-state index in [1.54, 1.807) is 61.3 Å². The average molecular weight is 405 g/mol. The van der Waals surface area contributed by atoms with Crippen LogP contribution in [0.4, 0.5) is 11.4 Å². The van der Waals surface area contributed by atoms with Gasteiger partial charge in [-0.3, -0.25) is 14.5 Å². The number of hydrogen-bond donors (Lipinski definition) is 2. The van der Waals surface area contributed by atoms with E-state index in [0.29, 0.717) is 27.0 Å². The maximum absolute atomic E-state index is 12.4. The zero-order chi connectivity index (χ0) is 20.0. The van der Waals surface area contributed by atoms with Gasteiger partial charge >= 0.3 is 0 Å². The molecule has 0 bridgehead atoms. The molecule has 1 atom stereocenters. The first kappa shape index (κ1) is 20.7. The van der Waals surface area contributed by atoms with Gasteiger partial charge in [0.2, 0.25) is 11.8 Å². The quantitative estimate of drug-likeness (QED) is 0.767. The van der Waals surface area contributed by atoms with Crippen LogP contribution in [-0.2, 0) is 9.59 Å². The number of likely N-dealkylation sites (N-methyl/N-ethyl adjacent to an activating group) is 1. The van der Waals surface area contributed by atoms with Gasteiger partial charge in [-0.2, -0.15) is 5.26 Å². The molecule has 6 nitrogen and oxygen atoms in total. The number of carbonyl (C=O) groups is 2. The first-order valence-electron chi connectivity index (χ1n) is 8.07. The van der Waals surface area contributed by atoms with E-state index < -0.39 is 6.04 Å². The summed E-state index contributed by atoms with van der Waals surface area (Å²) in [4.78, 5) is 26.3. The summed E-state index contributed by atoms with van der Waals surface area (Å²) >= 11 is 12.1. The average Bonchev–Trinajstić information content (AvgIpc) is 2.64. The standard InChI is InChI=1S/C19H18Cl2N4O2/c1-12(19(27)23-16-9-4-3-6-13(16)10-22)25(2)11-17(26)24-18-14(20)7-5-8-15(18)21/h3-9,12H,11H2,1-2H3,(H,23,27)(H,24,26). The molecule has 2 rings (SSSR count). The van der Waals surface area contributed by atoms with E-state index in [0.717, 1.165) is 0 Å². The van der Waals surface area contributed by atoms with Gasteiger partial charge in [-0.05, 0) is 38.2 Å². The van der Waals surface area contributed by atoms with Crippen molar-refractivity contribution in [3.8, 4) is 6.07 Å². The Kier molecular flexibility index (Phi) is 7.19. The van der Waals surface area contributed by atoms with Crippen LogP contribution in [-0.4, -0.2) is 36.3 Å². The first-order chi connectivity index (χ1) is 12.8. The third-order valence-electron chi connectivity index (χ3n) is 3.97. The fourth-order valence-electron chi connectivity index (χ4n) is 2.29. The van der Waals surface area contributed by atoms with Gasteiger partial charge in [0.05, 0.1) is 39.6 Å². The lowest BCUT2D eigenvalue weighted by Gasteiger charge is -2.23. The van der Waals surface area contributed by atoms with Crippen molar-refractivity contribution < 1.29 is 9.59 Å². The number of halogens is 2. The Balaban J connectivity index is 1.98. The highest BCUT2D eigenvalue weighted by atomic mass is 35.5. The second-order valence-electron chi connectivity index (χ2n) is 5.88. The number of carbonyl (C=O) groups excluding carboxylic acids is 2. The number of benzene rings is 2. The van der Waals surface area contributed by atoms with Crippen LogP contribution in [0, 0.1) is 11.3 Å². The molecule has 1 unspecified atom stereocenters. The molecule has 0 aromatic heterocycles. The van der Waals surface area contributed by atoms with Crippen LogP contribution in [0.15, 0.2) is 42.5 Å². The molecule has 0 aliphatic rings. The molecule has 8 heteroatoms. The van der Waals surface area contributed by atoms with E-state index in [2.05, 4.69) is 10.6 Å². The second kappa shape index (κ2) is 9.38. The van der Waals surface area contributed by atoms with Crippen LogP contribution >= 0.6 is 23.2 Å². The van der Waals surface area contributed by atoms with E-state index in [-0.39, 0.29) is 18.4 Å². The van der Waals surface area contributed by atoms with Crippen LogP contribution in [0.1, 0.15) is 12.5 Å². The van der Waals surface area contributed by atoms with Crippen molar-refractivity contribution in [1.29, 1.82) is 5.26 Å². The number of para-hydroxylation sites is 2. The molecule has 140 valence electrons. The molecule has 27 heavy (non-hydrogen) atoms. The molecule has 2 aromatic carbocycles. The zero-order valence-corrected chi connectivity index (χ0v) is 16.3. The SMILES string of the molecule is CC(C(=O)Nc1ccccc1C#N)N(C)CC(=O)Nc1c(Cl)cccc1Cl. The molecule has 0 heterocycles. The van der Waals surface area contributed by atoms with Crippen molar-refractivity contribution in [1.82, 2.24) is 4.90 Å². The summed E-state index contributed by atoms with van der Waals surface area (Å²) in [5.41, 5.74) is 1.13. The Labute approximate surface area is 167 Å². The molecule has 2 amide bonds. The van der Waals surface area contributed by atoms with Gasteiger partial charge in [0.15, 0.2) is 0 Å². The third-order valence-corrected chi connectivity index (χ3v) is 4.60. The molecule has 0 fully saturated rings. The predicted octanol–water partition coefficient (Wildman–Crippen LogP) is 3.76. The molecular weight excluding hydrogens is 387 g/mol. The number of anilines is 2. The van der Waals surface area contributed by atoms with E-state index in [1.165, 1.54) is 0 Å². The van der Waals surface area contributed by atoms with Gasteiger partial charge in [0.25, 0.3) is 0 Å². The van der Waals surface area contributed by atoms with E-state index in [4.69, 9.17) is 28.5 Å². The van der Waals surface area contributed by atoms with Crippen molar-refractivity contribution in [2.45, 2.75) is 13.0 Å². The monoisotopic (exact) mass is 404 g/mol. The van der Waals surface area contributed by atoms with Gasteiger partial charge in [-0.25, -0.2) is 0 Å². The summed E-state index contributed by atoms with van der Waals surface area (Å²) in [6.45, 7) is 1.62. The lowest BCUT2D eigenvalue weighted by Crippen LogP contribution is -2.43. The molecule has 0 aliphatic carbocycles. The fourth-order valence-corrected chi connectivity index (χ4v) is 2.78. The number of hydrogen-bond acceptors (Lipinski definition) is 4. The van der Waals surface area contributed by atoms with Crippen molar-refractivity contribution >= 4 is 46.4 Å². The smallest absolute Gasteiger partial charge is 0.241 e. The van der Waals surface area contributed by atoms with Crippen LogP contribution in [0.5, 0.6) is 0 Å². The normalized spacial score (nSPS) is 11.6. The van der Waals surface area contributed by atoms with Crippen LogP contribution in [0.3, 0.4) is 0 Å². The molecule has 0 aliphatic heterocycles. The molecule has 2 N–H and O–H groups in total. The lowest BCUT2D eigenvalue weighted by molar-refractivity contribution is -0.122. The maximum Gasteiger partial charge on any atom is 0.241 e. The zero-order valence-electron chi connectivity index (χ0n) is 14.8. The van der Waals surface area contributed by atoms with Crippen LogP contribution in [0.25, 0.3) is 0 Å². The predicted molar refractivity (Wildman–Crippen MR) is 107 cm³/mol. The summed E-state index contributed by atoms with van der Waals surface area (Å²) < 4.78 is 0. The van der Waals surface area contributed by atoms with E-state index in [9.17, 15) is 9.59 Å². The summed E-state index contributed by atoms with van der Waals surface area (Å²) in [5.74, 6) is -0.687. The Hall–Kier alpha value is -2.59. The van der Waals surface area contributed by atoms with Crippen molar-refractivity contribution in [3.63, 3.8) is 0 Å². The topological polar surface area (TPSA) is 85.2 Å². The summed E-state index contributed by atoms with van der Waals surface area (Å²) in [6, 6.07) is 13.0. The highest BCUT2D eigenvalue weighted by Crippen LogP contribution is 2.29. The van der Waals surface area contributed by atoms with Gasteiger partial charge in [-0.1, -0.05) is 41.4 Å². The lowest BCUT2D eigenvalue weighted by atomic mass is 10.2. The molecular formula is C19H18Cl2N4O2. The molecule has 0 radical (unpaired) electrons. The Morgan fingerprint density at radius 1 is 1.11 bits per heavy atom. The number of nitrogens with zero attached hydrogens (tertiary/aromatic N) is 2. The summed E-state index contributed by atoms with van der Waals surface area (Å²) in [7, 11) is 1.65. The molecule has 2 aromatic rings. The van der Waals surface area contributed by atoms with Crippen molar-refractivity contribution in [2.24, 2.45) is 0 Å². The van der Waals surface area contributed by atoms with Gasteiger partial charge < -0.3 is 10.6 Å². The van der Waals surface area contributed by atoms with Gasteiger partial charge in [0.1, 0.15) is 6.07 Å². The van der Waals surface area contributed by atoms with Crippen molar-refractivity contribution in [3.05, 3.63) is 58.1 Å². The maximum atomic E-state index is 12.4. The fraction of sp³-hybridized carbons (Fsp3) is 0.211. The summed E-state index contributed by atoms with van der Waals surface area (Å²) in [5, 5.41) is 15.1. The minimum atomic E-state index is -0.607. The largest absolute Gasteiger partial charge is 0.324 e. The van der Waals surface area contributed by atoms with Crippen LogP contribution in [0.2, 0.25) is 10.0 Å². The number of nitriles is 1. The molecule has 0 saturated heterocycles. The highest BCUT2D eigenvalue weighted by Gasteiger charge is 2.21. The van der Waals surface area contributed by atoms with Gasteiger partial charge in [-0.15, -0.1) is 0 Å². The van der Waals surface area contributed by atoms with Crippen LogP contribution < -0.4 is 10.6 Å². The van der Waals surface area contributed by atoms with E-state index >= 15 is 0 Å². The van der Waals surface area contributed by atoms with E-state index in [1.807, 2.05) is 6.07 Å². The Bertz CT molecular complexity index is 875. The second-order valence-corrected chi connectivity index (χ2v) is 6.70. The number of rotatable bonds is 6. The Morgan fingerprint density at radius 2 is 1.74 bits per heavy atom.